The molecule has 1 aliphatic carbocycles. The van der Waals surface area contributed by atoms with Gasteiger partial charge in [0.2, 0.25) is 0 Å². The van der Waals surface area contributed by atoms with Crippen LogP contribution in [-0.2, 0) is 5.41 Å². The number of hydrogen-bond acceptors (Lipinski definition) is 3. The van der Waals surface area contributed by atoms with Crippen LogP contribution in [0.25, 0.3) is 65.7 Å². The average molecular weight is 766 g/mol. The van der Waals surface area contributed by atoms with Crippen LogP contribution in [-0.4, -0.2) is 0 Å². The van der Waals surface area contributed by atoms with Crippen molar-refractivity contribution in [2.75, 3.05) is 4.90 Å². The number of hydrogen-bond donors (Lipinski definition) is 0. The first-order valence-corrected chi connectivity index (χ1v) is 20.6. The van der Waals surface area contributed by atoms with Gasteiger partial charge in [-0.15, -0.1) is 0 Å². The number of anilines is 3. The van der Waals surface area contributed by atoms with Crippen LogP contribution in [0.5, 0.6) is 11.5 Å². The lowest BCUT2D eigenvalue weighted by Crippen LogP contribution is -2.32. The zero-order valence-corrected chi connectivity index (χ0v) is 32.5. The van der Waals surface area contributed by atoms with E-state index in [2.05, 4.69) is 205 Å². The van der Waals surface area contributed by atoms with Gasteiger partial charge >= 0.3 is 0 Å². The number of nitrogens with zero attached hydrogens (tertiary/aromatic N) is 1. The van der Waals surface area contributed by atoms with Gasteiger partial charge in [-0.3, -0.25) is 0 Å². The highest BCUT2D eigenvalue weighted by Crippen LogP contribution is 2.64. The molecular weight excluding hydrogens is 731 g/mol. The highest BCUT2D eigenvalue weighted by Gasteiger charge is 2.52. The maximum atomic E-state index is 7.23. The number of ether oxygens (including phenoxy) is 1. The molecule has 0 N–H and O–H groups in total. The van der Waals surface area contributed by atoms with E-state index in [1.54, 1.807) is 0 Å². The molecule has 1 spiro atoms. The van der Waals surface area contributed by atoms with Gasteiger partial charge in [-0.2, -0.15) is 0 Å². The molecule has 0 fully saturated rings. The average Bonchev–Trinajstić information content (AvgIpc) is 3.83. The topological polar surface area (TPSA) is 25.6 Å². The van der Waals surface area contributed by atoms with Crippen molar-refractivity contribution in [3.8, 4) is 33.8 Å². The zero-order chi connectivity index (χ0) is 39.4. The Morgan fingerprint density at radius 2 is 0.883 bits per heavy atom. The molecule has 3 nitrogen and oxygen atoms in total. The first-order valence-electron chi connectivity index (χ1n) is 20.6. The molecule has 2 aliphatic rings. The molecule has 10 aromatic carbocycles. The molecule has 280 valence electrons. The first-order chi connectivity index (χ1) is 29.7. The number of fused-ring (bicyclic) bond motifs is 16. The van der Waals surface area contributed by atoms with Crippen molar-refractivity contribution in [3.05, 3.63) is 235 Å². The van der Waals surface area contributed by atoms with Crippen LogP contribution in [0, 0.1) is 0 Å². The number of furan rings is 1. The predicted octanol–water partition coefficient (Wildman–Crippen LogP) is 15.5. The van der Waals surface area contributed by atoms with Gasteiger partial charge in [-0.05, 0) is 92.7 Å². The Labute approximate surface area is 347 Å². The molecule has 0 saturated heterocycles. The van der Waals surface area contributed by atoms with E-state index in [-0.39, 0.29) is 0 Å². The van der Waals surface area contributed by atoms with Gasteiger partial charge in [0.15, 0.2) is 0 Å². The van der Waals surface area contributed by atoms with E-state index in [1.165, 1.54) is 33.4 Å². The second-order valence-corrected chi connectivity index (χ2v) is 16.0. The van der Waals surface area contributed by atoms with Crippen molar-refractivity contribution < 1.29 is 9.15 Å². The zero-order valence-electron chi connectivity index (χ0n) is 32.5. The summed E-state index contributed by atoms with van der Waals surface area (Å²) in [5, 5.41) is 6.72. The number of para-hydroxylation sites is 1. The second-order valence-electron chi connectivity index (χ2n) is 16.0. The summed E-state index contributed by atoms with van der Waals surface area (Å²) in [7, 11) is 0. The molecule has 0 unspecified atom stereocenters. The van der Waals surface area contributed by atoms with Gasteiger partial charge < -0.3 is 14.1 Å². The van der Waals surface area contributed by atoms with Gasteiger partial charge in [0, 0.05) is 49.7 Å². The minimum Gasteiger partial charge on any atom is -0.456 e. The van der Waals surface area contributed by atoms with E-state index in [0.717, 1.165) is 83.2 Å². The maximum Gasteiger partial charge on any atom is 0.140 e. The highest BCUT2D eigenvalue weighted by atomic mass is 16.5. The summed E-state index contributed by atoms with van der Waals surface area (Å²) in [6.45, 7) is 0. The first kappa shape index (κ1) is 33.1. The molecule has 3 heteroatoms. The van der Waals surface area contributed by atoms with Crippen molar-refractivity contribution in [1.29, 1.82) is 0 Å². The molecule has 0 radical (unpaired) electrons. The SMILES string of the molecule is c1ccc(-c2ccc(N(c3ccc4c(c3)C3(c5ccccc5-4)c4ccc5ccccc5c4Oc4c3ccc3ccccc43)c3ccc4oc5ccccc5c4c3)cc2)cc1. The van der Waals surface area contributed by atoms with Gasteiger partial charge in [0.1, 0.15) is 22.7 Å². The third-order valence-electron chi connectivity index (χ3n) is 12.9. The minimum absolute atomic E-state index is 0.660. The Kier molecular flexibility index (Phi) is 6.93. The lowest BCUT2D eigenvalue weighted by atomic mass is 9.65. The smallest absolute Gasteiger partial charge is 0.140 e. The van der Waals surface area contributed by atoms with Crippen LogP contribution in [0.2, 0.25) is 0 Å². The predicted molar refractivity (Wildman–Crippen MR) is 246 cm³/mol. The molecule has 0 amide bonds. The number of rotatable bonds is 4. The van der Waals surface area contributed by atoms with Crippen LogP contribution in [0.4, 0.5) is 17.1 Å². The molecule has 11 aromatic rings. The van der Waals surface area contributed by atoms with E-state index in [0.29, 0.717) is 0 Å². The van der Waals surface area contributed by atoms with Crippen molar-refractivity contribution in [2.24, 2.45) is 0 Å². The van der Waals surface area contributed by atoms with Crippen molar-refractivity contribution in [2.45, 2.75) is 5.41 Å². The van der Waals surface area contributed by atoms with Gasteiger partial charge in [-0.25, -0.2) is 0 Å². The normalized spacial score (nSPS) is 13.3. The fourth-order valence-corrected chi connectivity index (χ4v) is 10.3. The Balaban J connectivity index is 1.10. The fourth-order valence-electron chi connectivity index (χ4n) is 10.3. The minimum atomic E-state index is -0.660. The lowest BCUT2D eigenvalue weighted by molar-refractivity contribution is 0.447. The quantitative estimate of drug-likeness (QED) is 0.178. The standard InChI is InChI=1S/C57H35NO2/c1-2-12-36(13-3-1)37-22-26-40(27-23-37)58(41-29-33-54-48(34-41)47-19-9-11-21-53(47)59-54)42-28-30-46-45-18-8-10-20-49(45)57(52(46)35-42)50-31-24-38-14-4-6-16-43(38)55(50)60-56-44-17-7-5-15-39(44)25-32-51(56)57/h1-35H. The summed E-state index contributed by atoms with van der Waals surface area (Å²) in [4.78, 5) is 2.40. The Morgan fingerprint density at radius 1 is 0.333 bits per heavy atom. The van der Waals surface area contributed by atoms with Gasteiger partial charge in [-0.1, -0.05) is 164 Å². The van der Waals surface area contributed by atoms with Crippen LogP contribution in [0.15, 0.2) is 217 Å². The van der Waals surface area contributed by atoms with Gasteiger partial charge in [0.25, 0.3) is 0 Å². The monoisotopic (exact) mass is 765 g/mol. The van der Waals surface area contributed by atoms with Gasteiger partial charge in [0.05, 0.1) is 5.41 Å². The third-order valence-corrected chi connectivity index (χ3v) is 12.9. The summed E-state index contributed by atoms with van der Waals surface area (Å²) >= 11 is 0. The molecular formula is C57H35NO2. The fraction of sp³-hybridized carbons (Fsp3) is 0.0175. The lowest BCUT2D eigenvalue weighted by Gasteiger charge is -2.40. The third kappa shape index (κ3) is 4.60. The highest BCUT2D eigenvalue weighted by molar-refractivity contribution is 6.07. The van der Waals surface area contributed by atoms with Crippen LogP contribution < -0.4 is 9.64 Å². The molecule has 0 bridgehead atoms. The largest absolute Gasteiger partial charge is 0.456 e. The Morgan fingerprint density at radius 3 is 1.63 bits per heavy atom. The Hall–Kier alpha value is -7.88. The van der Waals surface area contributed by atoms with Crippen molar-refractivity contribution >= 4 is 60.5 Å². The molecule has 13 rings (SSSR count). The van der Waals surface area contributed by atoms with Crippen LogP contribution >= 0.6 is 0 Å². The summed E-state index contributed by atoms with van der Waals surface area (Å²) in [6.07, 6.45) is 0. The van der Waals surface area contributed by atoms with Crippen LogP contribution in [0.3, 0.4) is 0 Å². The Bertz CT molecular complexity index is 3440. The molecule has 60 heavy (non-hydrogen) atoms. The van der Waals surface area contributed by atoms with E-state index in [9.17, 15) is 0 Å². The van der Waals surface area contributed by atoms with E-state index in [1.807, 2.05) is 12.1 Å². The molecule has 2 heterocycles. The second kappa shape index (κ2) is 12.6. The summed E-state index contributed by atoms with van der Waals surface area (Å²) in [5.74, 6) is 1.83. The summed E-state index contributed by atoms with van der Waals surface area (Å²) < 4.78 is 13.6. The van der Waals surface area contributed by atoms with Crippen molar-refractivity contribution in [3.63, 3.8) is 0 Å². The van der Waals surface area contributed by atoms with Crippen molar-refractivity contribution in [1.82, 2.24) is 0 Å². The molecule has 0 saturated carbocycles. The van der Waals surface area contributed by atoms with E-state index >= 15 is 0 Å². The van der Waals surface area contributed by atoms with E-state index in [4.69, 9.17) is 9.15 Å². The maximum absolute atomic E-state index is 7.23. The summed E-state index contributed by atoms with van der Waals surface area (Å²) in [5.41, 5.74) is 13.9. The van der Waals surface area contributed by atoms with Crippen LogP contribution in [0.1, 0.15) is 22.3 Å². The molecule has 0 atom stereocenters. The molecule has 1 aromatic heterocycles. The summed E-state index contributed by atoms with van der Waals surface area (Å²) in [6, 6.07) is 76.8. The van der Waals surface area contributed by atoms with E-state index < -0.39 is 5.41 Å². The number of benzene rings is 10. The molecule has 1 aliphatic heterocycles.